The van der Waals surface area contributed by atoms with Gasteiger partial charge in [-0.25, -0.2) is 4.79 Å². The molecule has 0 aromatic carbocycles. The number of rotatable bonds is 2. The monoisotopic (exact) mass is 252 g/mol. The Hall–Kier alpha value is -1.86. The number of aromatic amines is 1. The van der Waals surface area contributed by atoms with Crippen molar-refractivity contribution in [3.8, 4) is 0 Å². The van der Waals surface area contributed by atoms with E-state index in [1.165, 1.54) is 12.3 Å². The summed E-state index contributed by atoms with van der Waals surface area (Å²) in [6, 6.07) is 2.28. The van der Waals surface area contributed by atoms with E-state index in [0.29, 0.717) is 13.0 Å². The van der Waals surface area contributed by atoms with Crippen molar-refractivity contribution in [2.45, 2.75) is 18.6 Å². The van der Waals surface area contributed by atoms with Crippen molar-refractivity contribution in [2.75, 3.05) is 18.4 Å². The highest BCUT2D eigenvalue weighted by molar-refractivity contribution is 5.89. The maximum absolute atomic E-state index is 11.7. The van der Waals surface area contributed by atoms with Gasteiger partial charge in [0.2, 0.25) is 0 Å². The fourth-order valence-corrected chi connectivity index (χ4v) is 1.84. The molecule has 98 valence electrons. The second-order valence-corrected chi connectivity index (χ2v) is 4.18. The number of hydrogen-bond donors (Lipinski definition) is 5. The van der Waals surface area contributed by atoms with E-state index in [4.69, 9.17) is 0 Å². The van der Waals surface area contributed by atoms with Crippen molar-refractivity contribution in [1.82, 2.24) is 15.6 Å². The molecule has 0 bridgehead atoms. The minimum Gasteiger partial charge on any atom is -0.391 e. The SMILES string of the molecule is O=C(Nc1ccc[nH]c1=O)N[C@@H]1CNCC[C@H]1O. The number of aliphatic hydroxyl groups excluding tert-OH is 1. The maximum Gasteiger partial charge on any atom is 0.319 e. The van der Waals surface area contributed by atoms with Crippen LogP contribution in [0, 0.1) is 0 Å². The minimum absolute atomic E-state index is 0.174. The number of amides is 2. The summed E-state index contributed by atoms with van der Waals surface area (Å²) < 4.78 is 0. The highest BCUT2D eigenvalue weighted by Crippen LogP contribution is 2.03. The smallest absolute Gasteiger partial charge is 0.319 e. The molecule has 2 rings (SSSR count). The number of carbonyl (C=O) groups is 1. The molecular formula is C11H16N4O3. The predicted molar refractivity (Wildman–Crippen MR) is 66.5 cm³/mol. The standard InChI is InChI=1S/C11H16N4O3/c16-9-3-5-12-6-8(9)15-11(18)14-7-2-1-4-13-10(7)17/h1-2,4,8-9,12,16H,3,5-6H2,(H,13,17)(H2,14,15,18)/t8-,9-/m1/s1. The summed E-state index contributed by atoms with van der Waals surface area (Å²) in [6.45, 7) is 1.25. The molecule has 1 aliphatic rings. The van der Waals surface area contributed by atoms with E-state index < -0.39 is 12.1 Å². The van der Waals surface area contributed by atoms with Crippen LogP contribution in [0.4, 0.5) is 10.5 Å². The topological polar surface area (TPSA) is 106 Å². The molecule has 0 aliphatic carbocycles. The van der Waals surface area contributed by atoms with E-state index in [1.54, 1.807) is 6.07 Å². The van der Waals surface area contributed by atoms with Gasteiger partial charge in [-0.1, -0.05) is 0 Å². The Balaban J connectivity index is 1.92. The third kappa shape index (κ3) is 3.08. The fraction of sp³-hybridized carbons (Fsp3) is 0.455. The number of anilines is 1. The zero-order chi connectivity index (χ0) is 13.0. The molecule has 7 nitrogen and oxygen atoms in total. The van der Waals surface area contributed by atoms with Crippen LogP contribution >= 0.6 is 0 Å². The number of pyridine rings is 1. The first-order chi connectivity index (χ1) is 8.66. The van der Waals surface area contributed by atoms with Crippen LogP contribution in [0.5, 0.6) is 0 Å². The summed E-state index contributed by atoms with van der Waals surface area (Å²) in [5.41, 5.74) is -0.191. The van der Waals surface area contributed by atoms with Gasteiger partial charge in [0, 0.05) is 12.7 Å². The number of urea groups is 1. The van der Waals surface area contributed by atoms with E-state index in [0.717, 1.165) is 6.54 Å². The number of piperidine rings is 1. The average Bonchev–Trinajstić information content (AvgIpc) is 2.35. The summed E-state index contributed by atoms with van der Waals surface area (Å²) in [5.74, 6) is 0. The third-order valence-electron chi connectivity index (χ3n) is 2.83. The first-order valence-corrected chi connectivity index (χ1v) is 5.81. The molecule has 1 aromatic rings. The van der Waals surface area contributed by atoms with E-state index in [9.17, 15) is 14.7 Å². The van der Waals surface area contributed by atoms with Crippen LogP contribution < -0.4 is 21.5 Å². The molecule has 0 saturated carbocycles. The zero-order valence-corrected chi connectivity index (χ0v) is 9.77. The Kier molecular flexibility index (Phi) is 3.96. The molecule has 7 heteroatoms. The summed E-state index contributed by atoms with van der Waals surface area (Å²) in [6.07, 6.45) is 1.52. The Morgan fingerprint density at radius 3 is 3.06 bits per heavy atom. The number of hydrogen-bond acceptors (Lipinski definition) is 4. The number of nitrogens with one attached hydrogen (secondary N) is 4. The van der Waals surface area contributed by atoms with E-state index >= 15 is 0 Å². The number of H-pyrrole nitrogens is 1. The molecule has 1 fully saturated rings. The van der Waals surface area contributed by atoms with Crippen molar-refractivity contribution < 1.29 is 9.90 Å². The number of aromatic nitrogens is 1. The van der Waals surface area contributed by atoms with Crippen molar-refractivity contribution in [3.63, 3.8) is 0 Å². The van der Waals surface area contributed by atoms with Gasteiger partial charge in [-0.3, -0.25) is 4.79 Å². The molecular weight excluding hydrogens is 236 g/mol. The van der Waals surface area contributed by atoms with Crippen LogP contribution in [0.1, 0.15) is 6.42 Å². The molecule has 18 heavy (non-hydrogen) atoms. The zero-order valence-electron chi connectivity index (χ0n) is 9.77. The molecule has 0 unspecified atom stereocenters. The average molecular weight is 252 g/mol. The van der Waals surface area contributed by atoms with Crippen molar-refractivity contribution in [3.05, 3.63) is 28.7 Å². The summed E-state index contributed by atoms with van der Waals surface area (Å²) in [5, 5.41) is 17.8. The Labute approximate surface area is 104 Å². The van der Waals surface area contributed by atoms with E-state index in [1.807, 2.05) is 0 Å². The molecule has 1 saturated heterocycles. The van der Waals surface area contributed by atoms with E-state index in [-0.39, 0.29) is 17.3 Å². The lowest BCUT2D eigenvalue weighted by Gasteiger charge is -2.28. The van der Waals surface area contributed by atoms with Gasteiger partial charge < -0.3 is 26.0 Å². The van der Waals surface area contributed by atoms with Gasteiger partial charge in [-0.15, -0.1) is 0 Å². The highest BCUT2D eigenvalue weighted by Gasteiger charge is 2.24. The fourth-order valence-electron chi connectivity index (χ4n) is 1.84. The largest absolute Gasteiger partial charge is 0.391 e. The molecule has 0 spiro atoms. The van der Waals surface area contributed by atoms with Crippen LogP contribution in [-0.4, -0.2) is 41.4 Å². The van der Waals surface area contributed by atoms with Crippen LogP contribution in [0.2, 0.25) is 0 Å². The maximum atomic E-state index is 11.7. The van der Waals surface area contributed by atoms with Crippen molar-refractivity contribution >= 4 is 11.7 Å². The van der Waals surface area contributed by atoms with Crippen LogP contribution in [0.15, 0.2) is 23.1 Å². The van der Waals surface area contributed by atoms with Crippen LogP contribution in [0.3, 0.4) is 0 Å². The lowest BCUT2D eigenvalue weighted by atomic mass is 10.0. The van der Waals surface area contributed by atoms with Gasteiger partial charge in [-0.2, -0.15) is 0 Å². The molecule has 1 aliphatic heterocycles. The first kappa shape index (κ1) is 12.6. The quantitative estimate of drug-likeness (QED) is 0.476. The Morgan fingerprint density at radius 1 is 1.50 bits per heavy atom. The van der Waals surface area contributed by atoms with E-state index in [2.05, 4.69) is 20.9 Å². The van der Waals surface area contributed by atoms with Crippen molar-refractivity contribution in [2.24, 2.45) is 0 Å². The van der Waals surface area contributed by atoms with Gasteiger partial charge in [-0.05, 0) is 25.1 Å². The molecule has 2 amide bonds. The summed E-state index contributed by atoms with van der Waals surface area (Å²) in [4.78, 5) is 25.5. The summed E-state index contributed by atoms with van der Waals surface area (Å²) >= 11 is 0. The second-order valence-electron chi connectivity index (χ2n) is 4.18. The normalized spacial score (nSPS) is 23.4. The molecule has 2 heterocycles. The highest BCUT2D eigenvalue weighted by atomic mass is 16.3. The van der Waals surface area contributed by atoms with Crippen molar-refractivity contribution in [1.29, 1.82) is 0 Å². The number of carbonyl (C=O) groups excluding carboxylic acids is 1. The molecule has 0 radical (unpaired) electrons. The van der Waals surface area contributed by atoms with Crippen LogP contribution in [0.25, 0.3) is 0 Å². The van der Waals surface area contributed by atoms with Gasteiger partial charge in [0.15, 0.2) is 0 Å². The van der Waals surface area contributed by atoms with Gasteiger partial charge in [0.1, 0.15) is 5.69 Å². The molecule has 2 atom stereocenters. The summed E-state index contributed by atoms with van der Waals surface area (Å²) in [7, 11) is 0. The molecule has 1 aromatic heterocycles. The lowest BCUT2D eigenvalue weighted by molar-refractivity contribution is 0.103. The van der Waals surface area contributed by atoms with Gasteiger partial charge in [0.05, 0.1) is 12.1 Å². The Bertz CT molecular complexity index is 473. The predicted octanol–water partition coefficient (Wildman–Crippen LogP) is -0.781. The molecule has 5 N–H and O–H groups in total. The second kappa shape index (κ2) is 5.65. The third-order valence-corrected chi connectivity index (χ3v) is 2.83. The Morgan fingerprint density at radius 2 is 2.33 bits per heavy atom. The van der Waals surface area contributed by atoms with Gasteiger partial charge >= 0.3 is 6.03 Å². The van der Waals surface area contributed by atoms with Crippen LogP contribution in [-0.2, 0) is 0 Å². The first-order valence-electron chi connectivity index (χ1n) is 5.81. The minimum atomic E-state index is -0.564. The lowest BCUT2D eigenvalue weighted by Crippen LogP contribution is -2.54. The number of aliphatic hydroxyl groups is 1. The van der Waals surface area contributed by atoms with Gasteiger partial charge in [0.25, 0.3) is 5.56 Å².